The Morgan fingerprint density at radius 1 is 1.25 bits per heavy atom. The lowest BCUT2D eigenvalue weighted by atomic mass is 9.85. The summed E-state index contributed by atoms with van der Waals surface area (Å²) in [6.45, 7) is 12.1. The summed E-state index contributed by atoms with van der Waals surface area (Å²) >= 11 is 0. The summed E-state index contributed by atoms with van der Waals surface area (Å²) in [5.41, 5.74) is 1.55. The standard InChI is InChI=1S/C17H28N2O/c1-5-16(3)13-19(17(4,6-2)12-18-16)11-14-8-7-9-15(20)10-14/h7-10,18,20H,5-6,11-13H2,1-4H3. The summed E-state index contributed by atoms with van der Waals surface area (Å²) in [5.74, 6) is 0.356. The molecule has 0 saturated carbocycles. The molecule has 1 aromatic rings. The molecule has 0 aliphatic carbocycles. The highest BCUT2D eigenvalue weighted by atomic mass is 16.3. The molecule has 112 valence electrons. The van der Waals surface area contributed by atoms with Crippen LogP contribution in [-0.4, -0.2) is 34.2 Å². The summed E-state index contributed by atoms with van der Waals surface area (Å²) in [6.07, 6.45) is 2.25. The summed E-state index contributed by atoms with van der Waals surface area (Å²) < 4.78 is 0. The van der Waals surface area contributed by atoms with Crippen LogP contribution in [0.25, 0.3) is 0 Å². The molecule has 1 fully saturated rings. The number of piperazine rings is 1. The molecule has 0 amide bonds. The van der Waals surface area contributed by atoms with Gasteiger partial charge in [0.25, 0.3) is 0 Å². The molecule has 0 spiro atoms. The van der Waals surface area contributed by atoms with Crippen molar-refractivity contribution >= 4 is 0 Å². The lowest BCUT2D eigenvalue weighted by Crippen LogP contribution is -2.67. The molecule has 3 heteroatoms. The first-order valence-electron chi connectivity index (χ1n) is 7.69. The number of phenolic OH excluding ortho intramolecular Hbond substituents is 1. The molecule has 3 nitrogen and oxygen atoms in total. The first kappa shape index (κ1) is 15.3. The van der Waals surface area contributed by atoms with Gasteiger partial charge in [-0.05, 0) is 44.4 Å². The van der Waals surface area contributed by atoms with E-state index in [9.17, 15) is 5.11 Å². The first-order chi connectivity index (χ1) is 9.41. The molecular formula is C17H28N2O. The molecule has 0 bridgehead atoms. The van der Waals surface area contributed by atoms with Crippen molar-refractivity contribution in [3.8, 4) is 5.75 Å². The molecule has 2 atom stereocenters. The van der Waals surface area contributed by atoms with E-state index in [-0.39, 0.29) is 11.1 Å². The Kier molecular flexibility index (Phi) is 4.40. The second-order valence-corrected chi connectivity index (χ2v) is 6.64. The fourth-order valence-electron chi connectivity index (χ4n) is 2.89. The van der Waals surface area contributed by atoms with Crippen molar-refractivity contribution in [2.24, 2.45) is 0 Å². The zero-order valence-corrected chi connectivity index (χ0v) is 13.2. The van der Waals surface area contributed by atoms with Gasteiger partial charge < -0.3 is 10.4 Å². The van der Waals surface area contributed by atoms with E-state index < -0.39 is 0 Å². The third-order valence-electron chi connectivity index (χ3n) is 5.03. The molecule has 2 N–H and O–H groups in total. The Morgan fingerprint density at radius 2 is 2.00 bits per heavy atom. The third-order valence-corrected chi connectivity index (χ3v) is 5.03. The normalized spacial score (nSPS) is 31.4. The number of phenols is 1. The maximum atomic E-state index is 9.65. The van der Waals surface area contributed by atoms with Crippen LogP contribution in [0.15, 0.2) is 24.3 Å². The van der Waals surface area contributed by atoms with E-state index >= 15 is 0 Å². The molecule has 1 aromatic carbocycles. The van der Waals surface area contributed by atoms with E-state index in [1.165, 1.54) is 5.56 Å². The largest absolute Gasteiger partial charge is 0.508 e. The van der Waals surface area contributed by atoms with E-state index in [1.807, 2.05) is 12.1 Å². The van der Waals surface area contributed by atoms with Gasteiger partial charge in [-0.3, -0.25) is 4.90 Å². The van der Waals surface area contributed by atoms with Crippen LogP contribution in [-0.2, 0) is 6.54 Å². The van der Waals surface area contributed by atoms with Crippen molar-refractivity contribution in [3.05, 3.63) is 29.8 Å². The summed E-state index contributed by atoms with van der Waals surface area (Å²) in [6, 6.07) is 7.63. The summed E-state index contributed by atoms with van der Waals surface area (Å²) in [7, 11) is 0. The Labute approximate surface area is 123 Å². The highest BCUT2D eigenvalue weighted by molar-refractivity contribution is 5.27. The number of benzene rings is 1. The monoisotopic (exact) mass is 276 g/mol. The number of nitrogens with zero attached hydrogens (tertiary/aromatic N) is 1. The van der Waals surface area contributed by atoms with Gasteiger partial charge in [0.1, 0.15) is 5.75 Å². The smallest absolute Gasteiger partial charge is 0.115 e. The molecule has 1 aliphatic rings. The van der Waals surface area contributed by atoms with Gasteiger partial charge in [0.2, 0.25) is 0 Å². The van der Waals surface area contributed by atoms with Gasteiger partial charge in [-0.1, -0.05) is 26.0 Å². The molecule has 0 aromatic heterocycles. The third kappa shape index (κ3) is 3.15. The van der Waals surface area contributed by atoms with Gasteiger partial charge in [-0.2, -0.15) is 0 Å². The molecule has 1 heterocycles. The fourth-order valence-corrected chi connectivity index (χ4v) is 2.89. The van der Waals surface area contributed by atoms with Crippen LogP contribution < -0.4 is 5.32 Å². The van der Waals surface area contributed by atoms with E-state index in [0.717, 1.165) is 32.5 Å². The lowest BCUT2D eigenvalue weighted by Gasteiger charge is -2.52. The highest BCUT2D eigenvalue weighted by Gasteiger charge is 2.40. The van der Waals surface area contributed by atoms with Gasteiger partial charge >= 0.3 is 0 Å². The Hall–Kier alpha value is -1.06. The second kappa shape index (κ2) is 5.74. The molecule has 2 unspecified atom stereocenters. The van der Waals surface area contributed by atoms with Crippen LogP contribution in [0.5, 0.6) is 5.75 Å². The van der Waals surface area contributed by atoms with Crippen LogP contribution in [0.4, 0.5) is 0 Å². The Bertz CT molecular complexity index is 462. The number of nitrogens with one attached hydrogen (secondary N) is 1. The topological polar surface area (TPSA) is 35.5 Å². The predicted octanol–water partition coefficient (Wildman–Crippen LogP) is 3.13. The molecule has 1 saturated heterocycles. The average Bonchev–Trinajstić information content (AvgIpc) is 2.43. The van der Waals surface area contributed by atoms with Crippen LogP contribution in [0.3, 0.4) is 0 Å². The predicted molar refractivity (Wildman–Crippen MR) is 83.9 cm³/mol. The molecule has 2 rings (SSSR count). The van der Waals surface area contributed by atoms with E-state index in [4.69, 9.17) is 0 Å². The van der Waals surface area contributed by atoms with E-state index in [1.54, 1.807) is 6.07 Å². The summed E-state index contributed by atoms with van der Waals surface area (Å²) in [5, 5.41) is 13.4. The maximum Gasteiger partial charge on any atom is 0.115 e. The fraction of sp³-hybridized carbons (Fsp3) is 0.647. The van der Waals surface area contributed by atoms with Crippen LogP contribution in [0.2, 0.25) is 0 Å². The first-order valence-corrected chi connectivity index (χ1v) is 7.69. The average molecular weight is 276 g/mol. The van der Waals surface area contributed by atoms with Crippen molar-refractivity contribution in [2.75, 3.05) is 13.1 Å². The zero-order chi connectivity index (χ0) is 14.8. The van der Waals surface area contributed by atoms with Crippen molar-refractivity contribution in [3.63, 3.8) is 0 Å². The van der Waals surface area contributed by atoms with Crippen LogP contribution in [0, 0.1) is 0 Å². The van der Waals surface area contributed by atoms with E-state index in [2.05, 4.69) is 44.0 Å². The highest BCUT2D eigenvalue weighted by Crippen LogP contribution is 2.30. The molecular weight excluding hydrogens is 248 g/mol. The van der Waals surface area contributed by atoms with Gasteiger partial charge in [0.05, 0.1) is 0 Å². The molecule has 20 heavy (non-hydrogen) atoms. The maximum absolute atomic E-state index is 9.65. The zero-order valence-electron chi connectivity index (χ0n) is 13.2. The van der Waals surface area contributed by atoms with Crippen molar-refractivity contribution in [1.29, 1.82) is 0 Å². The molecule has 0 radical (unpaired) electrons. The quantitative estimate of drug-likeness (QED) is 0.887. The number of hydrogen-bond acceptors (Lipinski definition) is 3. The van der Waals surface area contributed by atoms with Crippen LogP contribution in [0.1, 0.15) is 46.1 Å². The second-order valence-electron chi connectivity index (χ2n) is 6.64. The lowest BCUT2D eigenvalue weighted by molar-refractivity contribution is 0.0104. The van der Waals surface area contributed by atoms with Crippen molar-refractivity contribution in [1.82, 2.24) is 10.2 Å². The summed E-state index contributed by atoms with van der Waals surface area (Å²) in [4.78, 5) is 2.57. The minimum Gasteiger partial charge on any atom is -0.508 e. The minimum atomic E-state index is 0.181. The minimum absolute atomic E-state index is 0.181. The van der Waals surface area contributed by atoms with Crippen LogP contribution >= 0.6 is 0 Å². The Morgan fingerprint density at radius 3 is 2.60 bits per heavy atom. The van der Waals surface area contributed by atoms with Gasteiger partial charge in [-0.15, -0.1) is 0 Å². The SMILES string of the molecule is CCC1(C)CN(Cc2cccc(O)c2)C(C)(CC)CN1. The van der Waals surface area contributed by atoms with Gasteiger partial charge in [0, 0.05) is 30.7 Å². The van der Waals surface area contributed by atoms with Gasteiger partial charge in [-0.25, -0.2) is 0 Å². The number of hydrogen-bond donors (Lipinski definition) is 2. The molecule has 1 aliphatic heterocycles. The van der Waals surface area contributed by atoms with Crippen molar-refractivity contribution in [2.45, 2.75) is 58.2 Å². The number of aromatic hydroxyl groups is 1. The van der Waals surface area contributed by atoms with Gasteiger partial charge in [0.15, 0.2) is 0 Å². The number of rotatable bonds is 4. The Balaban J connectivity index is 2.20. The van der Waals surface area contributed by atoms with E-state index in [0.29, 0.717) is 5.75 Å². The van der Waals surface area contributed by atoms with Crippen molar-refractivity contribution < 1.29 is 5.11 Å².